The number of pyridine rings is 1. The van der Waals surface area contributed by atoms with Gasteiger partial charge in [0.15, 0.2) is 0 Å². The number of hydrogen-bond acceptors (Lipinski definition) is 4. The van der Waals surface area contributed by atoms with Gasteiger partial charge >= 0.3 is 0 Å². The van der Waals surface area contributed by atoms with Crippen molar-refractivity contribution in [3.63, 3.8) is 0 Å². The Morgan fingerprint density at radius 2 is 1.83 bits per heavy atom. The Kier molecular flexibility index (Phi) is 4.10. The number of anilines is 1. The van der Waals surface area contributed by atoms with Crippen molar-refractivity contribution < 1.29 is 13.9 Å². The molecule has 0 bridgehead atoms. The van der Waals surface area contributed by atoms with Gasteiger partial charge in [-0.25, -0.2) is 9.37 Å². The summed E-state index contributed by atoms with van der Waals surface area (Å²) in [4.78, 5) is 24.9. The number of halogens is 1. The van der Waals surface area contributed by atoms with Gasteiger partial charge in [-0.05, 0) is 35.9 Å². The molecule has 0 saturated carbocycles. The van der Waals surface area contributed by atoms with Gasteiger partial charge in [-0.15, -0.1) is 0 Å². The van der Waals surface area contributed by atoms with Gasteiger partial charge in [0.25, 0.3) is 0 Å². The number of carbonyl (C=O) groups is 1. The zero-order valence-electron chi connectivity index (χ0n) is 15.4. The number of carbonyl (C=O) groups excluding carboxylic acids is 1. The van der Waals surface area contributed by atoms with Crippen LogP contribution in [0.1, 0.15) is 5.56 Å². The molecule has 3 heterocycles. The maximum absolute atomic E-state index is 13.1. The van der Waals surface area contributed by atoms with Crippen molar-refractivity contribution in [1.82, 2.24) is 15.0 Å². The highest BCUT2D eigenvalue weighted by molar-refractivity contribution is 6.00. The van der Waals surface area contributed by atoms with E-state index in [-0.39, 0.29) is 11.7 Å². The van der Waals surface area contributed by atoms with Gasteiger partial charge in [0, 0.05) is 17.4 Å². The zero-order valence-corrected chi connectivity index (χ0v) is 15.4. The largest absolute Gasteiger partial charge is 0.378 e. The lowest BCUT2D eigenvalue weighted by molar-refractivity contribution is -0.139. The second-order valence-corrected chi connectivity index (χ2v) is 7.09. The fourth-order valence-electron chi connectivity index (χ4n) is 3.46. The van der Waals surface area contributed by atoms with Crippen LogP contribution in [-0.2, 0) is 14.9 Å². The molecule has 2 aromatic heterocycles. The van der Waals surface area contributed by atoms with Crippen LogP contribution >= 0.6 is 0 Å². The molecular formula is C22H17FN4O2. The quantitative estimate of drug-likeness (QED) is 0.559. The summed E-state index contributed by atoms with van der Waals surface area (Å²) in [7, 11) is 0. The molecule has 7 heteroatoms. The molecule has 2 aromatic carbocycles. The standard InChI is InChI=1S/C22H17FN4O2/c23-16-5-7-17(8-6-16)25-21(28)22(12-29-13-22)15-3-1-14(2-4-15)20-26-18-9-10-24-11-19(18)27-20/h1-11H,12-13H2,(H,25,28)(H,26,27). The van der Waals surface area contributed by atoms with Crippen LogP contribution in [0.2, 0.25) is 0 Å². The molecule has 1 saturated heterocycles. The van der Waals surface area contributed by atoms with Crippen LogP contribution in [0.4, 0.5) is 10.1 Å². The maximum Gasteiger partial charge on any atom is 0.239 e. The number of fused-ring (bicyclic) bond motifs is 1. The van der Waals surface area contributed by atoms with E-state index in [0.29, 0.717) is 18.9 Å². The van der Waals surface area contributed by atoms with Gasteiger partial charge in [0.05, 0.1) is 30.4 Å². The molecule has 0 atom stereocenters. The predicted octanol–water partition coefficient (Wildman–Crippen LogP) is 3.67. The van der Waals surface area contributed by atoms with Crippen LogP contribution in [0.15, 0.2) is 67.0 Å². The summed E-state index contributed by atoms with van der Waals surface area (Å²) < 4.78 is 18.5. The second-order valence-electron chi connectivity index (χ2n) is 7.09. The predicted molar refractivity (Wildman–Crippen MR) is 107 cm³/mol. The third kappa shape index (κ3) is 3.05. The van der Waals surface area contributed by atoms with E-state index in [9.17, 15) is 9.18 Å². The fourth-order valence-corrected chi connectivity index (χ4v) is 3.46. The zero-order chi connectivity index (χ0) is 19.8. The summed E-state index contributed by atoms with van der Waals surface area (Å²) in [5.74, 6) is 0.230. The van der Waals surface area contributed by atoms with Gasteiger partial charge < -0.3 is 15.0 Å². The maximum atomic E-state index is 13.1. The minimum Gasteiger partial charge on any atom is -0.378 e. The summed E-state index contributed by atoms with van der Waals surface area (Å²) in [5, 5.41) is 2.86. The molecule has 0 spiro atoms. The lowest BCUT2D eigenvalue weighted by Crippen LogP contribution is -2.55. The second kappa shape index (κ2) is 6.79. The van der Waals surface area contributed by atoms with Crippen molar-refractivity contribution in [2.24, 2.45) is 0 Å². The first kappa shape index (κ1) is 17.5. The smallest absolute Gasteiger partial charge is 0.239 e. The number of nitrogens with one attached hydrogen (secondary N) is 2. The van der Waals surface area contributed by atoms with E-state index in [2.05, 4.69) is 20.3 Å². The number of imidazole rings is 1. The first-order valence-corrected chi connectivity index (χ1v) is 9.19. The van der Waals surface area contributed by atoms with E-state index in [1.165, 1.54) is 12.1 Å². The van der Waals surface area contributed by atoms with Crippen LogP contribution in [0, 0.1) is 5.82 Å². The van der Waals surface area contributed by atoms with Crippen molar-refractivity contribution in [2.75, 3.05) is 18.5 Å². The molecule has 1 fully saturated rings. The van der Waals surface area contributed by atoms with Crippen molar-refractivity contribution >= 4 is 22.6 Å². The number of H-pyrrole nitrogens is 1. The van der Waals surface area contributed by atoms with Crippen LogP contribution in [0.25, 0.3) is 22.4 Å². The van der Waals surface area contributed by atoms with Gasteiger partial charge in [-0.3, -0.25) is 9.78 Å². The Bertz CT molecular complexity index is 1150. The lowest BCUT2D eigenvalue weighted by Gasteiger charge is -2.40. The molecule has 1 amide bonds. The number of aromatic amines is 1. The SMILES string of the molecule is O=C(Nc1ccc(F)cc1)C1(c2ccc(-c3nc4ccncc4[nH]3)cc2)COC1. The molecule has 1 aliphatic heterocycles. The van der Waals surface area contributed by atoms with E-state index in [1.54, 1.807) is 24.5 Å². The molecule has 0 radical (unpaired) electrons. The molecule has 144 valence electrons. The average molecular weight is 388 g/mol. The number of rotatable bonds is 4. The van der Waals surface area contributed by atoms with Crippen molar-refractivity contribution in [3.05, 3.63) is 78.4 Å². The molecule has 0 unspecified atom stereocenters. The third-order valence-electron chi connectivity index (χ3n) is 5.23. The summed E-state index contributed by atoms with van der Waals surface area (Å²) in [6, 6.07) is 15.3. The van der Waals surface area contributed by atoms with Crippen molar-refractivity contribution in [3.8, 4) is 11.4 Å². The number of amides is 1. The van der Waals surface area contributed by atoms with Gasteiger partial charge in [0.2, 0.25) is 5.91 Å². The van der Waals surface area contributed by atoms with Gasteiger partial charge in [0.1, 0.15) is 17.1 Å². The molecule has 0 aliphatic carbocycles. The number of ether oxygens (including phenoxy) is 1. The van der Waals surface area contributed by atoms with Gasteiger partial charge in [-0.1, -0.05) is 24.3 Å². The minimum absolute atomic E-state index is 0.169. The molecule has 2 N–H and O–H groups in total. The number of hydrogen-bond donors (Lipinski definition) is 2. The Labute approximate surface area is 165 Å². The highest BCUT2D eigenvalue weighted by atomic mass is 19.1. The molecule has 6 nitrogen and oxygen atoms in total. The molecule has 4 aromatic rings. The van der Waals surface area contributed by atoms with E-state index in [1.807, 2.05) is 30.3 Å². The Morgan fingerprint density at radius 1 is 1.07 bits per heavy atom. The van der Waals surface area contributed by atoms with E-state index >= 15 is 0 Å². The minimum atomic E-state index is -0.759. The summed E-state index contributed by atoms with van der Waals surface area (Å²) in [5.41, 5.74) is 3.29. The first-order chi connectivity index (χ1) is 14.1. The van der Waals surface area contributed by atoms with Crippen LogP contribution < -0.4 is 5.32 Å². The highest BCUT2D eigenvalue weighted by Gasteiger charge is 2.47. The first-order valence-electron chi connectivity index (χ1n) is 9.19. The number of nitrogens with zero attached hydrogens (tertiary/aromatic N) is 2. The average Bonchev–Trinajstić information content (AvgIpc) is 3.14. The monoisotopic (exact) mass is 388 g/mol. The normalized spacial score (nSPS) is 15.1. The summed E-state index contributed by atoms with van der Waals surface area (Å²) in [6.45, 7) is 0.603. The van der Waals surface area contributed by atoms with Crippen LogP contribution in [0.3, 0.4) is 0 Å². The van der Waals surface area contributed by atoms with Crippen LogP contribution in [0.5, 0.6) is 0 Å². The summed E-state index contributed by atoms with van der Waals surface area (Å²) in [6.07, 6.45) is 3.44. The fraction of sp³-hybridized carbons (Fsp3) is 0.136. The topological polar surface area (TPSA) is 79.9 Å². The Morgan fingerprint density at radius 3 is 2.48 bits per heavy atom. The number of aromatic nitrogens is 3. The molecule has 1 aliphatic rings. The van der Waals surface area contributed by atoms with E-state index in [0.717, 1.165) is 28.0 Å². The molecule has 5 rings (SSSR count). The van der Waals surface area contributed by atoms with E-state index in [4.69, 9.17) is 4.74 Å². The Hall–Kier alpha value is -3.58. The number of benzene rings is 2. The van der Waals surface area contributed by atoms with Crippen molar-refractivity contribution in [1.29, 1.82) is 0 Å². The molecular weight excluding hydrogens is 371 g/mol. The summed E-state index contributed by atoms with van der Waals surface area (Å²) >= 11 is 0. The van der Waals surface area contributed by atoms with E-state index < -0.39 is 5.41 Å². The Balaban J connectivity index is 1.41. The third-order valence-corrected chi connectivity index (χ3v) is 5.23. The lowest BCUT2D eigenvalue weighted by atomic mass is 9.77. The van der Waals surface area contributed by atoms with Gasteiger partial charge in [-0.2, -0.15) is 0 Å². The molecule has 29 heavy (non-hydrogen) atoms. The van der Waals surface area contributed by atoms with Crippen LogP contribution in [-0.4, -0.2) is 34.1 Å². The van der Waals surface area contributed by atoms with Crippen molar-refractivity contribution in [2.45, 2.75) is 5.41 Å². The highest BCUT2D eigenvalue weighted by Crippen LogP contribution is 2.35.